The molecule has 2 N–H and O–H groups in total. The number of aromatic nitrogens is 2. The Bertz CT molecular complexity index is 384. The van der Waals surface area contributed by atoms with Crippen molar-refractivity contribution in [3.8, 4) is 0 Å². The molecule has 0 radical (unpaired) electrons. The van der Waals surface area contributed by atoms with Gasteiger partial charge in [-0.15, -0.1) is 0 Å². The Balaban J connectivity index is 3.44. The van der Waals surface area contributed by atoms with Gasteiger partial charge < -0.3 is 14.8 Å². The Kier molecular flexibility index (Phi) is 2.37. The Morgan fingerprint density at radius 2 is 1.92 bits per heavy atom. The molecule has 0 bridgehead atoms. The molecule has 0 aromatic carbocycles. The van der Waals surface area contributed by atoms with Crippen molar-refractivity contribution < 1.29 is 19.8 Å². The molecule has 0 amide bonds. The molecule has 1 heterocycles. The molecule has 6 nitrogen and oxygen atoms in total. The second kappa shape index (κ2) is 3.17. The van der Waals surface area contributed by atoms with E-state index in [-0.39, 0.29) is 10.4 Å². The van der Waals surface area contributed by atoms with Gasteiger partial charge in [-0.25, -0.2) is 14.6 Å². The second-order valence-corrected chi connectivity index (χ2v) is 2.96. The maximum absolute atomic E-state index is 10.6. The van der Waals surface area contributed by atoms with E-state index in [0.717, 1.165) is 4.57 Å². The molecule has 1 rings (SSSR count). The summed E-state index contributed by atoms with van der Waals surface area (Å²) in [5, 5.41) is 17.3. The topological polar surface area (TPSA) is 92.4 Å². The van der Waals surface area contributed by atoms with E-state index < -0.39 is 17.6 Å². The van der Waals surface area contributed by atoms with Gasteiger partial charge in [0, 0.05) is 7.05 Å². The van der Waals surface area contributed by atoms with Gasteiger partial charge in [0.2, 0.25) is 0 Å². The summed E-state index contributed by atoms with van der Waals surface area (Å²) >= 11 is 2.93. The van der Waals surface area contributed by atoms with Crippen LogP contribution >= 0.6 is 15.9 Å². The molecular weight excluding hydrogens is 244 g/mol. The summed E-state index contributed by atoms with van der Waals surface area (Å²) in [6, 6.07) is 0. The lowest BCUT2D eigenvalue weighted by atomic mass is 10.3. The summed E-state index contributed by atoms with van der Waals surface area (Å²) in [6.45, 7) is 0. The minimum Gasteiger partial charge on any atom is -0.476 e. The van der Waals surface area contributed by atoms with E-state index in [1.807, 2.05) is 0 Å². The molecule has 0 saturated carbocycles. The van der Waals surface area contributed by atoms with Crippen molar-refractivity contribution in [3.63, 3.8) is 0 Å². The predicted octanol–water partition coefficient (Wildman–Crippen LogP) is 0.579. The number of carbonyl (C=O) groups is 2. The minimum absolute atomic E-state index is 0.169. The number of carboxylic acid groups (broad SMARTS) is 2. The number of rotatable bonds is 2. The highest BCUT2D eigenvalue weighted by atomic mass is 79.9. The predicted molar refractivity (Wildman–Crippen MR) is 44.8 cm³/mol. The van der Waals surface area contributed by atoms with E-state index in [4.69, 9.17) is 10.2 Å². The number of imidazole rings is 1. The average Bonchev–Trinajstić information content (AvgIpc) is 2.28. The minimum atomic E-state index is -1.36. The first-order valence-electron chi connectivity index (χ1n) is 3.14. The van der Waals surface area contributed by atoms with Crippen LogP contribution in [-0.4, -0.2) is 31.7 Å². The normalized spacial score (nSPS) is 10.0. The highest BCUT2D eigenvalue weighted by Gasteiger charge is 2.23. The van der Waals surface area contributed by atoms with Gasteiger partial charge in [-0.3, -0.25) is 0 Å². The first-order valence-corrected chi connectivity index (χ1v) is 3.93. The standard InChI is InChI=1S/C6H5BrN2O4/c1-9-3(5(12)13)2(4(10)11)8-6(9)7/h1H3,(H,10,11)(H,12,13). The van der Waals surface area contributed by atoms with E-state index in [2.05, 4.69) is 20.9 Å². The number of hydrogen-bond donors (Lipinski definition) is 2. The van der Waals surface area contributed by atoms with Crippen molar-refractivity contribution >= 4 is 27.9 Å². The molecule has 1 aromatic heterocycles. The quantitative estimate of drug-likeness (QED) is 0.799. The fourth-order valence-corrected chi connectivity index (χ4v) is 1.22. The molecule has 13 heavy (non-hydrogen) atoms. The van der Waals surface area contributed by atoms with Crippen LogP contribution in [0.3, 0.4) is 0 Å². The number of nitrogens with zero attached hydrogens (tertiary/aromatic N) is 2. The zero-order valence-corrected chi connectivity index (χ0v) is 8.07. The van der Waals surface area contributed by atoms with Crippen LogP contribution in [0, 0.1) is 0 Å². The highest BCUT2D eigenvalue weighted by molar-refractivity contribution is 9.10. The van der Waals surface area contributed by atoms with Crippen molar-refractivity contribution in [1.29, 1.82) is 0 Å². The average molecular weight is 249 g/mol. The summed E-state index contributed by atoms with van der Waals surface area (Å²) < 4.78 is 1.31. The summed E-state index contributed by atoms with van der Waals surface area (Å²) in [5.41, 5.74) is -0.818. The van der Waals surface area contributed by atoms with Crippen molar-refractivity contribution in [2.45, 2.75) is 0 Å². The van der Waals surface area contributed by atoms with Crippen LogP contribution in [0.15, 0.2) is 4.73 Å². The summed E-state index contributed by atoms with van der Waals surface area (Å²) in [6.07, 6.45) is 0. The number of halogens is 1. The molecule has 0 saturated heterocycles. The molecule has 0 spiro atoms. The fourth-order valence-electron chi connectivity index (χ4n) is 0.865. The molecular formula is C6H5BrN2O4. The largest absolute Gasteiger partial charge is 0.476 e. The second-order valence-electron chi connectivity index (χ2n) is 2.25. The monoisotopic (exact) mass is 248 g/mol. The third kappa shape index (κ3) is 1.55. The Morgan fingerprint density at radius 3 is 2.23 bits per heavy atom. The molecule has 0 fully saturated rings. The van der Waals surface area contributed by atoms with Gasteiger partial charge in [0.05, 0.1) is 0 Å². The summed E-state index contributed by atoms with van der Waals surface area (Å²) in [7, 11) is 1.41. The number of aromatic carboxylic acids is 2. The van der Waals surface area contributed by atoms with Crippen molar-refractivity contribution in [2.75, 3.05) is 0 Å². The molecule has 0 aliphatic carbocycles. The molecule has 0 atom stereocenters. The third-order valence-corrected chi connectivity index (χ3v) is 2.15. The molecule has 70 valence electrons. The van der Waals surface area contributed by atoms with Gasteiger partial charge in [-0.1, -0.05) is 0 Å². The molecule has 0 aliphatic rings. The summed E-state index contributed by atoms with van der Waals surface area (Å²) in [4.78, 5) is 24.7. The van der Waals surface area contributed by atoms with Crippen LogP contribution < -0.4 is 0 Å². The molecule has 0 unspecified atom stereocenters. The van der Waals surface area contributed by atoms with Gasteiger partial charge in [0.1, 0.15) is 0 Å². The Hall–Kier alpha value is -1.37. The van der Waals surface area contributed by atoms with Crippen molar-refractivity contribution in [2.24, 2.45) is 7.05 Å². The van der Waals surface area contributed by atoms with Crippen LogP contribution in [0.5, 0.6) is 0 Å². The maximum atomic E-state index is 10.6. The van der Waals surface area contributed by atoms with Crippen LogP contribution in [-0.2, 0) is 7.05 Å². The fraction of sp³-hybridized carbons (Fsp3) is 0.167. The first kappa shape index (κ1) is 9.72. The lowest BCUT2D eigenvalue weighted by molar-refractivity contribution is 0.0641. The van der Waals surface area contributed by atoms with Gasteiger partial charge >= 0.3 is 11.9 Å². The van der Waals surface area contributed by atoms with E-state index in [1.54, 1.807) is 0 Å². The summed E-state index contributed by atoms with van der Waals surface area (Å²) in [5.74, 6) is -2.68. The van der Waals surface area contributed by atoms with E-state index in [0.29, 0.717) is 0 Å². The Labute approximate surface area is 80.9 Å². The highest BCUT2D eigenvalue weighted by Crippen LogP contribution is 2.15. The van der Waals surface area contributed by atoms with Crippen LogP contribution in [0.2, 0.25) is 0 Å². The first-order chi connectivity index (χ1) is 5.95. The van der Waals surface area contributed by atoms with E-state index in [1.165, 1.54) is 7.05 Å². The lowest BCUT2D eigenvalue weighted by Gasteiger charge is -1.96. The smallest absolute Gasteiger partial charge is 0.357 e. The Morgan fingerprint density at radius 1 is 1.38 bits per heavy atom. The number of carboxylic acids is 2. The van der Waals surface area contributed by atoms with Crippen molar-refractivity contribution in [1.82, 2.24) is 9.55 Å². The van der Waals surface area contributed by atoms with E-state index >= 15 is 0 Å². The van der Waals surface area contributed by atoms with Gasteiger partial charge in [0.15, 0.2) is 16.1 Å². The zero-order valence-electron chi connectivity index (χ0n) is 6.48. The maximum Gasteiger partial charge on any atom is 0.357 e. The molecule has 7 heteroatoms. The van der Waals surface area contributed by atoms with Crippen LogP contribution in [0.25, 0.3) is 0 Å². The molecule has 0 aliphatic heterocycles. The molecule has 1 aromatic rings. The SMILES string of the molecule is Cn1c(Br)nc(C(=O)O)c1C(=O)O. The lowest BCUT2D eigenvalue weighted by Crippen LogP contribution is -2.10. The zero-order chi connectivity index (χ0) is 10.2. The van der Waals surface area contributed by atoms with Crippen LogP contribution in [0.4, 0.5) is 0 Å². The van der Waals surface area contributed by atoms with Gasteiger partial charge in [-0.2, -0.15) is 0 Å². The van der Waals surface area contributed by atoms with Crippen molar-refractivity contribution in [3.05, 3.63) is 16.1 Å². The third-order valence-electron chi connectivity index (χ3n) is 1.45. The number of hydrogen-bond acceptors (Lipinski definition) is 3. The van der Waals surface area contributed by atoms with Gasteiger partial charge in [-0.05, 0) is 15.9 Å². The van der Waals surface area contributed by atoms with Crippen LogP contribution in [0.1, 0.15) is 21.0 Å². The van der Waals surface area contributed by atoms with Gasteiger partial charge in [0.25, 0.3) is 0 Å². The van der Waals surface area contributed by atoms with E-state index in [9.17, 15) is 9.59 Å².